The van der Waals surface area contributed by atoms with Crippen molar-refractivity contribution in [1.82, 2.24) is 24.2 Å². The fourth-order valence-corrected chi connectivity index (χ4v) is 5.88. The highest BCUT2D eigenvalue weighted by molar-refractivity contribution is 5.77. The molecule has 2 atom stereocenters. The van der Waals surface area contributed by atoms with Gasteiger partial charge in [0.15, 0.2) is 0 Å². The minimum Gasteiger partial charge on any atom is -0.441 e. The number of aromatic nitrogens is 4. The highest BCUT2D eigenvalue weighted by Gasteiger charge is 2.48. The number of fused-ring (bicyclic) bond motifs is 1. The summed E-state index contributed by atoms with van der Waals surface area (Å²) in [6.45, 7) is 1.82. The van der Waals surface area contributed by atoms with Gasteiger partial charge < -0.3 is 9.30 Å². The largest absolute Gasteiger partial charge is 0.441 e. The number of carbonyl (C=O) groups excluding carboxylic acids is 1. The number of amides is 1. The standard InChI is InChI=1S/C28H28N6O2/c1-32-25(22-7-3-2-4-8-22)13-23(31-32)17-33-18-28(36-27(33)35)11-5-6-21(14-28)16-34-19-30-24-10-9-20(15-29)12-26(24)34/h2-4,7-10,12-13,19,21H,5-6,11,14,16-18H2,1H3. The Balaban J connectivity index is 1.16. The van der Waals surface area contributed by atoms with Gasteiger partial charge in [0.2, 0.25) is 0 Å². The van der Waals surface area contributed by atoms with Gasteiger partial charge in [-0.1, -0.05) is 30.3 Å². The maximum atomic E-state index is 12.9. The number of imidazole rings is 1. The SMILES string of the molecule is Cn1nc(CN2CC3(CCCC(Cn4cnc5ccc(C#N)cc54)C3)OC2=O)cc1-c1ccccc1. The molecule has 2 fully saturated rings. The number of aryl methyl sites for hydroxylation is 1. The third kappa shape index (κ3) is 4.11. The second-order valence-corrected chi connectivity index (χ2v) is 10.1. The molecular weight excluding hydrogens is 452 g/mol. The number of benzene rings is 2. The van der Waals surface area contributed by atoms with E-state index in [9.17, 15) is 10.1 Å². The van der Waals surface area contributed by atoms with Crippen LogP contribution in [0.3, 0.4) is 0 Å². The smallest absolute Gasteiger partial charge is 0.410 e. The number of rotatable bonds is 5. The van der Waals surface area contributed by atoms with E-state index >= 15 is 0 Å². The Kier molecular flexibility index (Phi) is 5.48. The molecule has 0 radical (unpaired) electrons. The molecule has 1 spiro atoms. The number of nitrogens with zero attached hydrogens (tertiary/aromatic N) is 6. The maximum absolute atomic E-state index is 12.9. The molecule has 0 bridgehead atoms. The van der Waals surface area contributed by atoms with E-state index in [1.807, 2.05) is 48.4 Å². The summed E-state index contributed by atoms with van der Waals surface area (Å²) < 4.78 is 10.1. The minimum absolute atomic E-state index is 0.255. The van der Waals surface area contributed by atoms with E-state index in [1.54, 1.807) is 11.0 Å². The Bertz CT molecular complexity index is 1470. The number of hydrogen-bond acceptors (Lipinski definition) is 5. The van der Waals surface area contributed by atoms with Gasteiger partial charge in [0.1, 0.15) is 5.60 Å². The van der Waals surface area contributed by atoms with Crippen LogP contribution in [0.4, 0.5) is 4.79 Å². The van der Waals surface area contributed by atoms with Crippen LogP contribution in [0.1, 0.15) is 36.9 Å². The summed E-state index contributed by atoms with van der Waals surface area (Å²) in [5.41, 5.74) is 5.03. The van der Waals surface area contributed by atoms with Gasteiger partial charge in [-0.15, -0.1) is 0 Å². The normalized spacial score (nSPS) is 21.7. The van der Waals surface area contributed by atoms with E-state index in [-0.39, 0.29) is 6.09 Å². The summed E-state index contributed by atoms with van der Waals surface area (Å²) in [4.78, 5) is 19.2. The van der Waals surface area contributed by atoms with Crippen molar-refractivity contribution < 1.29 is 9.53 Å². The first kappa shape index (κ1) is 22.4. The quantitative estimate of drug-likeness (QED) is 0.406. The van der Waals surface area contributed by atoms with Gasteiger partial charge in [-0.3, -0.25) is 9.58 Å². The Morgan fingerprint density at radius 1 is 1.19 bits per heavy atom. The molecule has 6 rings (SSSR count). The monoisotopic (exact) mass is 480 g/mol. The topological polar surface area (TPSA) is 89.0 Å². The van der Waals surface area contributed by atoms with Gasteiger partial charge in [-0.05, 0) is 61.4 Å². The molecule has 8 heteroatoms. The van der Waals surface area contributed by atoms with Crippen LogP contribution in [0.5, 0.6) is 0 Å². The third-order valence-electron chi connectivity index (χ3n) is 7.50. The zero-order valence-corrected chi connectivity index (χ0v) is 20.3. The average molecular weight is 481 g/mol. The van der Waals surface area contributed by atoms with E-state index < -0.39 is 5.60 Å². The zero-order valence-electron chi connectivity index (χ0n) is 20.3. The van der Waals surface area contributed by atoms with Crippen LogP contribution in [0, 0.1) is 17.2 Å². The van der Waals surface area contributed by atoms with Gasteiger partial charge in [-0.25, -0.2) is 9.78 Å². The van der Waals surface area contributed by atoms with Crippen LogP contribution in [-0.2, 0) is 24.9 Å². The molecule has 2 aromatic heterocycles. The molecule has 8 nitrogen and oxygen atoms in total. The lowest BCUT2D eigenvalue weighted by molar-refractivity contribution is 0.00415. The van der Waals surface area contributed by atoms with Crippen LogP contribution in [0.25, 0.3) is 22.3 Å². The number of carbonyl (C=O) groups is 1. The molecule has 36 heavy (non-hydrogen) atoms. The molecule has 1 aliphatic heterocycles. The van der Waals surface area contributed by atoms with Crippen LogP contribution in [0.2, 0.25) is 0 Å². The molecule has 2 unspecified atom stereocenters. The summed E-state index contributed by atoms with van der Waals surface area (Å²) >= 11 is 0. The average Bonchev–Trinajstić information content (AvgIpc) is 3.54. The summed E-state index contributed by atoms with van der Waals surface area (Å²) in [6.07, 6.45) is 5.40. The number of ether oxygens (including phenoxy) is 1. The lowest BCUT2D eigenvalue weighted by Crippen LogP contribution is -2.40. The van der Waals surface area contributed by atoms with Crippen molar-refractivity contribution in [3.8, 4) is 17.3 Å². The first-order chi connectivity index (χ1) is 17.5. The molecule has 1 amide bonds. The Morgan fingerprint density at radius 2 is 2.06 bits per heavy atom. The summed E-state index contributed by atoms with van der Waals surface area (Å²) in [5.74, 6) is 0.370. The van der Waals surface area contributed by atoms with Crippen LogP contribution >= 0.6 is 0 Å². The lowest BCUT2D eigenvalue weighted by Gasteiger charge is -2.36. The molecule has 1 saturated heterocycles. The van der Waals surface area contributed by atoms with Crippen molar-refractivity contribution in [2.45, 2.75) is 44.4 Å². The highest BCUT2D eigenvalue weighted by atomic mass is 16.6. The van der Waals surface area contributed by atoms with Crippen molar-refractivity contribution >= 4 is 17.1 Å². The van der Waals surface area contributed by atoms with Gasteiger partial charge >= 0.3 is 6.09 Å². The fraction of sp³-hybridized carbons (Fsp3) is 0.357. The molecule has 2 aliphatic rings. The van der Waals surface area contributed by atoms with Crippen molar-refractivity contribution in [3.05, 3.63) is 72.2 Å². The highest BCUT2D eigenvalue weighted by Crippen LogP contribution is 2.41. The molecular formula is C28H28N6O2. The fourth-order valence-electron chi connectivity index (χ4n) is 5.88. The van der Waals surface area contributed by atoms with Gasteiger partial charge in [0, 0.05) is 13.6 Å². The molecule has 1 saturated carbocycles. The molecule has 1 aliphatic carbocycles. The van der Waals surface area contributed by atoms with Crippen LogP contribution in [0.15, 0.2) is 60.9 Å². The maximum Gasteiger partial charge on any atom is 0.410 e. The second kappa shape index (κ2) is 8.83. The predicted molar refractivity (Wildman–Crippen MR) is 135 cm³/mol. The molecule has 2 aromatic carbocycles. The Hall–Kier alpha value is -4.12. The van der Waals surface area contributed by atoms with Gasteiger partial charge in [0.25, 0.3) is 0 Å². The van der Waals surface area contributed by atoms with Crippen molar-refractivity contribution in [3.63, 3.8) is 0 Å². The van der Waals surface area contributed by atoms with Crippen molar-refractivity contribution in [1.29, 1.82) is 5.26 Å². The number of hydrogen-bond donors (Lipinski definition) is 0. The van der Waals surface area contributed by atoms with E-state index in [0.717, 1.165) is 60.2 Å². The second-order valence-electron chi connectivity index (χ2n) is 10.1. The van der Waals surface area contributed by atoms with E-state index in [0.29, 0.717) is 24.6 Å². The Labute approximate surface area is 209 Å². The third-order valence-corrected chi connectivity index (χ3v) is 7.50. The summed E-state index contributed by atoms with van der Waals surface area (Å²) in [6, 6.07) is 20.0. The van der Waals surface area contributed by atoms with Crippen LogP contribution in [-0.4, -0.2) is 42.5 Å². The predicted octanol–water partition coefficient (Wildman–Crippen LogP) is 4.89. The van der Waals surface area contributed by atoms with E-state index in [4.69, 9.17) is 4.74 Å². The summed E-state index contributed by atoms with van der Waals surface area (Å²) in [7, 11) is 1.93. The first-order valence-electron chi connectivity index (χ1n) is 12.4. The lowest BCUT2D eigenvalue weighted by atomic mass is 9.78. The van der Waals surface area contributed by atoms with Crippen molar-refractivity contribution in [2.24, 2.45) is 13.0 Å². The Morgan fingerprint density at radius 3 is 2.89 bits per heavy atom. The molecule has 0 N–H and O–H groups in total. The molecule has 182 valence electrons. The number of nitriles is 1. The first-order valence-corrected chi connectivity index (χ1v) is 12.4. The van der Waals surface area contributed by atoms with E-state index in [2.05, 4.69) is 38.9 Å². The molecule has 4 aromatic rings. The van der Waals surface area contributed by atoms with E-state index in [1.165, 1.54) is 0 Å². The minimum atomic E-state index is -0.453. The molecule has 3 heterocycles. The van der Waals surface area contributed by atoms with Gasteiger partial charge in [-0.2, -0.15) is 10.4 Å². The van der Waals surface area contributed by atoms with Crippen LogP contribution < -0.4 is 0 Å². The van der Waals surface area contributed by atoms with Gasteiger partial charge in [0.05, 0.1) is 53.5 Å². The zero-order chi connectivity index (χ0) is 24.7. The van der Waals surface area contributed by atoms with Crippen molar-refractivity contribution in [2.75, 3.05) is 6.54 Å². The summed E-state index contributed by atoms with van der Waals surface area (Å²) in [5, 5.41) is 13.9.